The normalized spacial score (nSPS) is 18.0. The molecule has 1 aromatic heterocycles. The van der Waals surface area contributed by atoms with Crippen molar-refractivity contribution in [1.29, 1.82) is 0 Å². The third-order valence-corrected chi connectivity index (χ3v) is 4.60. The van der Waals surface area contributed by atoms with Crippen molar-refractivity contribution in [2.75, 3.05) is 5.32 Å². The number of carbonyl (C=O) groups is 3. The van der Waals surface area contributed by atoms with Gasteiger partial charge in [-0.3, -0.25) is 14.4 Å². The van der Waals surface area contributed by atoms with Crippen LogP contribution in [0.4, 0.5) is 5.69 Å². The van der Waals surface area contributed by atoms with Gasteiger partial charge in [0.25, 0.3) is 0 Å². The van der Waals surface area contributed by atoms with E-state index in [9.17, 15) is 14.4 Å². The van der Waals surface area contributed by atoms with Crippen LogP contribution in [0.15, 0.2) is 34.9 Å². The van der Waals surface area contributed by atoms with E-state index < -0.39 is 5.92 Å². The first kappa shape index (κ1) is 15.5. The molecule has 1 saturated carbocycles. The zero-order valence-corrected chi connectivity index (χ0v) is 13.7. The quantitative estimate of drug-likeness (QED) is 0.725. The van der Waals surface area contributed by atoms with Crippen LogP contribution in [0.5, 0.6) is 0 Å². The molecule has 0 bridgehead atoms. The van der Waals surface area contributed by atoms with Gasteiger partial charge in [-0.25, -0.2) is 0 Å². The molecule has 0 saturated heterocycles. The zero-order chi connectivity index (χ0) is 17.6. The number of aromatic nitrogens is 1. The van der Waals surface area contributed by atoms with E-state index in [4.69, 9.17) is 4.52 Å². The first-order valence-electron chi connectivity index (χ1n) is 8.17. The lowest BCUT2D eigenvalue weighted by molar-refractivity contribution is -0.130. The number of nitrogens with one attached hydrogen (secondary N) is 1. The Bertz CT molecular complexity index is 1030. The fourth-order valence-electron chi connectivity index (χ4n) is 3.47. The molecule has 1 amide bonds. The van der Waals surface area contributed by atoms with Crippen LogP contribution in [0, 0.1) is 0 Å². The highest BCUT2D eigenvalue weighted by atomic mass is 16.5. The molecule has 1 atom stereocenters. The van der Waals surface area contributed by atoms with Gasteiger partial charge in [0.2, 0.25) is 5.91 Å². The van der Waals surface area contributed by atoms with E-state index in [2.05, 4.69) is 10.5 Å². The second-order valence-corrected chi connectivity index (χ2v) is 6.40. The minimum absolute atomic E-state index is 0.0149. The Hall–Kier alpha value is -3.02. The van der Waals surface area contributed by atoms with E-state index in [1.807, 2.05) is 30.3 Å². The van der Waals surface area contributed by atoms with Crippen LogP contribution >= 0.6 is 0 Å². The van der Waals surface area contributed by atoms with E-state index in [0.29, 0.717) is 29.8 Å². The first-order chi connectivity index (χ1) is 12.0. The van der Waals surface area contributed by atoms with E-state index in [1.54, 1.807) is 0 Å². The fraction of sp³-hybridized carbons (Fsp3) is 0.263. The van der Waals surface area contributed by atoms with Gasteiger partial charge in [-0.2, -0.15) is 0 Å². The maximum atomic E-state index is 12.3. The van der Waals surface area contributed by atoms with Gasteiger partial charge in [0.15, 0.2) is 5.58 Å². The Morgan fingerprint density at radius 2 is 2.08 bits per heavy atom. The Balaban J connectivity index is 1.86. The summed E-state index contributed by atoms with van der Waals surface area (Å²) in [6, 6.07) is 9.28. The summed E-state index contributed by atoms with van der Waals surface area (Å²) in [6.07, 6.45) is 0.832. The average molecular weight is 336 g/mol. The lowest BCUT2D eigenvalue weighted by Crippen LogP contribution is -2.23. The van der Waals surface area contributed by atoms with Crippen molar-refractivity contribution in [1.82, 2.24) is 5.16 Å². The number of anilines is 1. The first-order valence-corrected chi connectivity index (χ1v) is 8.17. The van der Waals surface area contributed by atoms with Crippen molar-refractivity contribution in [2.24, 2.45) is 0 Å². The third kappa shape index (κ3) is 2.69. The maximum absolute atomic E-state index is 12.3. The van der Waals surface area contributed by atoms with Crippen LogP contribution in [-0.4, -0.2) is 22.6 Å². The lowest BCUT2D eigenvalue weighted by atomic mass is 9.83. The molecule has 3 aromatic rings. The highest BCUT2D eigenvalue weighted by Crippen LogP contribution is 2.37. The van der Waals surface area contributed by atoms with Crippen LogP contribution in [0.3, 0.4) is 0 Å². The molecule has 4 rings (SSSR count). The molecule has 1 fully saturated rings. The second kappa shape index (κ2) is 5.81. The van der Waals surface area contributed by atoms with Crippen LogP contribution in [0.2, 0.25) is 0 Å². The molecular formula is C19H16N2O4. The Labute approximate surface area is 143 Å². The highest BCUT2D eigenvalue weighted by molar-refractivity contribution is 6.11. The number of nitrogens with zero attached hydrogens (tertiary/aromatic N) is 1. The smallest absolute Gasteiger partial charge is 0.221 e. The third-order valence-electron chi connectivity index (χ3n) is 4.60. The molecule has 1 aliphatic rings. The number of ketones is 2. The van der Waals surface area contributed by atoms with Crippen LogP contribution < -0.4 is 5.32 Å². The van der Waals surface area contributed by atoms with Crippen molar-refractivity contribution in [2.45, 2.75) is 32.1 Å². The summed E-state index contributed by atoms with van der Waals surface area (Å²) in [7, 11) is 0. The predicted molar refractivity (Wildman–Crippen MR) is 92.4 cm³/mol. The lowest BCUT2D eigenvalue weighted by Gasteiger charge is -2.18. The van der Waals surface area contributed by atoms with Gasteiger partial charge >= 0.3 is 0 Å². The number of hydrogen-bond acceptors (Lipinski definition) is 5. The van der Waals surface area contributed by atoms with Gasteiger partial charge in [0, 0.05) is 19.0 Å². The summed E-state index contributed by atoms with van der Waals surface area (Å²) >= 11 is 0. The van der Waals surface area contributed by atoms with Crippen LogP contribution in [-0.2, 0) is 14.4 Å². The van der Waals surface area contributed by atoms with E-state index in [1.165, 1.54) is 6.92 Å². The molecule has 2 aromatic carbocycles. The summed E-state index contributed by atoms with van der Waals surface area (Å²) < 4.78 is 5.42. The predicted octanol–water partition coefficient (Wildman–Crippen LogP) is 3.35. The molecule has 0 unspecified atom stereocenters. The number of Topliss-reactive ketones (excluding diaryl/α,β-unsaturated/α-hetero) is 2. The number of benzene rings is 2. The zero-order valence-electron chi connectivity index (χ0n) is 13.7. The molecule has 25 heavy (non-hydrogen) atoms. The van der Waals surface area contributed by atoms with Gasteiger partial charge in [-0.05, 0) is 35.4 Å². The minimum atomic E-state index is -0.403. The van der Waals surface area contributed by atoms with Gasteiger partial charge in [0.1, 0.15) is 17.3 Å². The summed E-state index contributed by atoms with van der Waals surface area (Å²) in [4.78, 5) is 35.0. The Morgan fingerprint density at radius 3 is 2.84 bits per heavy atom. The summed E-state index contributed by atoms with van der Waals surface area (Å²) in [5, 5.41) is 9.53. The molecule has 1 heterocycles. The number of amides is 1. The van der Waals surface area contributed by atoms with Crippen LogP contribution in [0.25, 0.3) is 21.7 Å². The van der Waals surface area contributed by atoms with Crippen molar-refractivity contribution < 1.29 is 18.9 Å². The van der Waals surface area contributed by atoms with Crippen molar-refractivity contribution in [3.63, 3.8) is 0 Å². The molecule has 1 aliphatic carbocycles. The van der Waals surface area contributed by atoms with E-state index in [-0.39, 0.29) is 23.9 Å². The van der Waals surface area contributed by atoms with E-state index >= 15 is 0 Å². The topological polar surface area (TPSA) is 89.3 Å². The molecule has 126 valence electrons. The van der Waals surface area contributed by atoms with Crippen molar-refractivity contribution in [3.05, 3.63) is 36.0 Å². The maximum Gasteiger partial charge on any atom is 0.221 e. The average Bonchev–Trinajstić information content (AvgIpc) is 2.98. The molecular weight excluding hydrogens is 320 g/mol. The molecule has 6 nitrogen and oxygen atoms in total. The molecule has 0 aliphatic heterocycles. The van der Waals surface area contributed by atoms with Crippen molar-refractivity contribution in [3.8, 4) is 0 Å². The second-order valence-electron chi connectivity index (χ2n) is 6.40. The van der Waals surface area contributed by atoms with Crippen molar-refractivity contribution >= 4 is 44.9 Å². The van der Waals surface area contributed by atoms with E-state index in [0.717, 1.165) is 16.2 Å². The minimum Gasteiger partial charge on any atom is -0.356 e. The number of hydrogen-bond donors (Lipinski definition) is 1. The molecule has 0 radical (unpaired) electrons. The standard InChI is InChI=1S/C19H16N2O4/c1-10(22)20-12-3-5-14-11(8-12)2-7-17-18(14)19(21-25-17)15-6-4-13(23)9-16(15)24/h2-3,5,7-8,15H,4,6,9H2,1H3,(H,20,22)/t15-/m1/s1. The summed E-state index contributed by atoms with van der Waals surface area (Å²) in [6.45, 7) is 1.46. The summed E-state index contributed by atoms with van der Waals surface area (Å²) in [5.74, 6) is -0.652. The van der Waals surface area contributed by atoms with Crippen LogP contribution in [0.1, 0.15) is 37.8 Å². The molecule has 6 heteroatoms. The van der Waals surface area contributed by atoms with Gasteiger partial charge in [-0.1, -0.05) is 17.3 Å². The highest BCUT2D eigenvalue weighted by Gasteiger charge is 2.32. The number of carbonyl (C=O) groups excluding carboxylic acids is 3. The van der Waals surface area contributed by atoms with Gasteiger partial charge < -0.3 is 9.84 Å². The monoisotopic (exact) mass is 336 g/mol. The van der Waals surface area contributed by atoms with Gasteiger partial charge in [-0.15, -0.1) is 0 Å². The fourth-order valence-corrected chi connectivity index (χ4v) is 3.47. The summed E-state index contributed by atoms with van der Waals surface area (Å²) in [5.41, 5.74) is 1.92. The largest absolute Gasteiger partial charge is 0.356 e. The Morgan fingerprint density at radius 1 is 1.24 bits per heavy atom. The molecule has 1 N–H and O–H groups in total. The van der Waals surface area contributed by atoms with Gasteiger partial charge in [0.05, 0.1) is 17.7 Å². The SMILES string of the molecule is CC(=O)Nc1ccc2c(ccc3onc([C@@H]4CCC(=O)CC4=O)c32)c1. The molecule has 0 spiro atoms. The number of fused-ring (bicyclic) bond motifs is 3. The number of rotatable bonds is 2. The Kier molecular flexibility index (Phi) is 3.60.